The Balaban J connectivity index is 1.89. The van der Waals surface area contributed by atoms with Crippen LogP contribution in [0.5, 0.6) is 0 Å². The Labute approximate surface area is 85.9 Å². The van der Waals surface area contributed by atoms with Crippen LogP contribution in [-0.2, 0) is 0 Å². The van der Waals surface area contributed by atoms with Crippen molar-refractivity contribution >= 4 is 0 Å². The fourth-order valence-corrected chi connectivity index (χ4v) is 4.75. The average molecular weight is 195 g/mol. The highest BCUT2D eigenvalue weighted by Gasteiger charge is 2.53. The van der Waals surface area contributed by atoms with E-state index >= 15 is 0 Å². The summed E-state index contributed by atoms with van der Waals surface area (Å²) in [4.78, 5) is 0. The van der Waals surface area contributed by atoms with Crippen LogP contribution in [0.3, 0.4) is 0 Å². The summed E-state index contributed by atoms with van der Waals surface area (Å²) in [6.07, 6.45) is 5.16. The Morgan fingerprint density at radius 3 is 2.57 bits per heavy atom. The Hall–Kier alpha value is -0.0800. The van der Waals surface area contributed by atoms with E-state index in [0.29, 0.717) is 17.8 Å². The first-order chi connectivity index (χ1) is 6.66. The molecule has 0 heterocycles. The molecular formula is C12H21NO. The third-order valence-corrected chi connectivity index (χ3v) is 5.05. The van der Waals surface area contributed by atoms with Crippen molar-refractivity contribution in [2.75, 3.05) is 0 Å². The predicted molar refractivity (Wildman–Crippen MR) is 55.6 cm³/mol. The van der Waals surface area contributed by atoms with E-state index in [-0.39, 0.29) is 12.1 Å². The molecule has 0 radical (unpaired) electrons. The van der Waals surface area contributed by atoms with E-state index in [4.69, 9.17) is 5.73 Å². The van der Waals surface area contributed by atoms with Crippen LogP contribution in [0.25, 0.3) is 0 Å². The van der Waals surface area contributed by atoms with Crippen molar-refractivity contribution in [1.29, 1.82) is 0 Å². The van der Waals surface area contributed by atoms with Gasteiger partial charge in [0.1, 0.15) is 0 Å². The maximum Gasteiger partial charge on any atom is 0.0600 e. The van der Waals surface area contributed by atoms with Gasteiger partial charge in [-0.1, -0.05) is 0 Å². The zero-order chi connectivity index (χ0) is 9.87. The Bertz CT molecular complexity index is 240. The first-order valence-corrected chi connectivity index (χ1v) is 6.10. The van der Waals surface area contributed by atoms with Gasteiger partial charge >= 0.3 is 0 Å². The largest absolute Gasteiger partial charge is 0.393 e. The molecule has 0 spiro atoms. The Morgan fingerprint density at radius 1 is 1.14 bits per heavy atom. The van der Waals surface area contributed by atoms with Gasteiger partial charge in [-0.25, -0.2) is 0 Å². The second kappa shape index (κ2) is 2.96. The van der Waals surface area contributed by atoms with Crippen LogP contribution in [0.2, 0.25) is 0 Å². The third kappa shape index (κ3) is 1.10. The second-order valence-corrected chi connectivity index (χ2v) is 5.92. The molecule has 0 aromatic rings. The molecule has 7 atom stereocenters. The smallest absolute Gasteiger partial charge is 0.0600 e. The van der Waals surface area contributed by atoms with Crippen LogP contribution in [0.15, 0.2) is 0 Å². The molecule has 0 aromatic carbocycles. The molecule has 4 aliphatic carbocycles. The van der Waals surface area contributed by atoms with E-state index in [2.05, 4.69) is 6.92 Å². The van der Waals surface area contributed by atoms with Gasteiger partial charge in [0, 0.05) is 6.04 Å². The lowest BCUT2D eigenvalue weighted by molar-refractivity contribution is -0.134. The molecule has 0 aliphatic heterocycles. The number of hydrogen-bond donors (Lipinski definition) is 2. The molecule has 4 aliphatic rings. The van der Waals surface area contributed by atoms with Gasteiger partial charge in [-0.2, -0.15) is 0 Å². The molecule has 2 unspecified atom stereocenters. The molecule has 4 bridgehead atoms. The maximum absolute atomic E-state index is 10.2. The lowest BCUT2D eigenvalue weighted by Gasteiger charge is -2.58. The van der Waals surface area contributed by atoms with Crippen molar-refractivity contribution in [1.82, 2.24) is 0 Å². The van der Waals surface area contributed by atoms with Gasteiger partial charge in [-0.3, -0.25) is 0 Å². The molecule has 4 rings (SSSR count). The number of hydrogen-bond acceptors (Lipinski definition) is 2. The number of rotatable bonds is 1. The summed E-state index contributed by atoms with van der Waals surface area (Å²) in [5.74, 6) is 3.51. The van der Waals surface area contributed by atoms with E-state index in [1.807, 2.05) is 0 Å². The van der Waals surface area contributed by atoms with Gasteiger partial charge < -0.3 is 10.8 Å². The van der Waals surface area contributed by atoms with Gasteiger partial charge in [-0.05, 0) is 62.2 Å². The summed E-state index contributed by atoms with van der Waals surface area (Å²) in [6, 6.07) is 0.277. The number of aliphatic hydroxyl groups excluding tert-OH is 1. The van der Waals surface area contributed by atoms with Gasteiger partial charge in [0.2, 0.25) is 0 Å². The van der Waals surface area contributed by atoms with E-state index < -0.39 is 0 Å². The molecule has 0 aromatic heterocycles. The van der Waals surface area contributed by atoms with E-state index in [0.717, 1.165) is 11.8 Å². The second-order valence-electron chi connectivity index (χ2n) is 5.92. The average Bonchev–Trinajstić information content (AvgIpc) is 2.12. The fourth-order valence-electron chi connectivity index (χ4n) is 4.75. The summed E-state index contributed by atoms with van der Waals surface area (Å²) in [7, 11) is 0. The number of aliphatic hydroxyl groups is 1. The van der Waals surface area contributed by atoms with Crippen LogP contribution in [0.1, 0.15) is 32.6 Å². The van der Waals surface area contributed by atoms with Gasteiger partial charge in [0.15, 0.2) is 0 Å². The highest BCUT2D eigenvalue weighted by Crippen LogP contribution is 2.57. The fraction of sp³-hybridized carbons (Fsp3) is 1.00. The van der Waals surface area contributed by atoms with Crippen LogP contribution < -0.4 is 5.73 Å². The minimum Gasteiger partial charge on any atom is -0.393 e. The van der Waals surface area contributed by atoms with Crippen LogP contribution >= 0.6 is 0 Å². The minimum absolute atomic E-state index is 0.0289. The zero-order valence-electron chi connectivity index (χ0n) is 8.89. The van der Waals surface area contributed by atoms with Gasteiger partial charge in [0.25, 0.3) is 0 Å². The zero-order valence-corrected chi connectivity index (χ0v) is 8.89. The van der Waals surface area contributed by atoms with Crippen LogP contribution in [0, 0.1) is 29.6 Å². The molecule has 2 heteroatoms. The van der Waals surface area contributed by atoms with E-state index in [9.17, 15) is 5.11 Å². The van der Waals surface area contributed by atoms with Crippen molar-refractivity contribution in [2.45, 2.75) is 44.8 Å². The molecule has 4 fully saturated rings. The molecule has 14 heavy (non-hydrogen) atoms. The molecule has 2 nitrogen and oxygen atoms in total. The molecule has 3 N–H and O–H groups in total. The van der Waals surface area contributed by atoms with E-state index in [1.54, 1.807) is 0 Å². The highest BCUT2D eigenvalue weighted by atomic mass is 16.3. The molecule has 0 saturated heterocycles. The van der Waals surface area contributed by atoms with E-state index in [1.165, 1.54) is 25.7 Å². The molecule has 80 valence electrons. The van der Waals surface area contributed by atoms with Crippen molar-refractivity contribution in [3.8, 4) is 0 Å². The summed E-state index contributed by atoms with van der Waals surface area (Å²) < 4.78 is 0. The third-order valence-electron chi connectivity index (χ3n) is 5.05. The highest BCUT2D eigenvalue weighted by molar-refractivity contribution is 5.04. The van der Waals surface area contributed by atoms with Gasteiger partial charge in [0.05, 0.1) is 6.10 Å². The topological polar surface area (TPSA) is 46.2 Å². The lowest BCUT2D eigenvalue weighted by atomic mass is 9.49. The molecule has 0 amide bonds. The Kier molecular flexibility index (Phi) is 1.94. The monoisotopic (exact) mass is 195 g/mol. The van der Waals surface area contributed by atoms with Crippen LogP contribution in [-0.4, -0.2) is 17.3 Å². The predicted octanol–water partition coefficient (Wildman–Crippen LogP) is 1.38. The maximum atomic E-state index is 10.2. The summed E-state index contributed by atoms with van der Waals surface area (Å²) in [6.45, 7) is 2.12. The summed E-state index contributed by atoms with van der Waals surface area (Å²) in [5, 5.41) is 10.2. The van der Waals surface area contributed by atoms with Crippen molar-refractivity contribution in [3.63, 3.8) is 0 Å². The first kappa shape index (κ1) is 9.17. The Morgan fingerprint density at radius 2 is 1.86 bits per heavy atom. The summed E-state index contributed by atoms with van der Waals surface area (Å²) in [5.41, 5.74) is 6.07. The van der Waals surface area contributed by atoms with Gasteiger partial charge in [-0.15, -0.1) is 0 Å². The molecular weight excluding hydrogens is 174 g/mol. The summed E-state index contributed by atoms with van der Waals surface area (Å²) >= 11 is 0. The van der Waals surface area contributed by atoms with Crippen molar-refractivity contribution in [3.05, 3.63) is 0 Å². The molecule has 4 saturated carbocycles. The quantitative estimate of drug-likeness (QED) is 0.664. The van der Waals surface area contributed by atoms with Crippen molar-refractivity contribution < 1.29 is 5.11 Å². The van der Waals surface area contributed by atoms with Crippen molar-refractivity contribution in [2.24, 2.45) is 35.3 Å². The SMILES string of the molecule is CC(N)C1[C@@H]2C[C@H]3C[C@@H](C2)[C@@H](O)[C@@H]1C3. The normalized spacial score (nSPS) is 57.6. The standard InChI is InChI=1S/C12H21NO/c1-6(13)11-8-2-7-3-9(5-8)12(14)10(11)4-7/h6-12,14H,2-5,13H2,1H3/t6?,7-,8+,9-,10+,11?,12+/m0/s1. The van der Waals surface area contributed by atoms with Crippen LogP contribution in [0.4, 0.5) is 0 Å². The minimum atomic E-state index is -0.0289. The first-order valence-electron chi connectivity index (χ1n) is 6.10. The lowest BCUT2D eigenvalue weighted by Crippen LogP contribution is -2.57. The number of nitrogens with two attached hydrogens (primary N) is 1.